The van der Waals surface area contributed by atoms with Gasteiger partial charge in [-0.1, -0.05) is 0 Å². The van der Waals surface area contributed by atoms with Crippen molar-refractivity contribution in [1.29, 1.82) is 0 Å². The molecule has 0 amide bonds. The highest BCUT2D eigenvalue weighted by Gasteiger charge is 2.26. The standard InChI is InChI=1S/C11H18N4O4S/c1-8(14(2)3)7-13-20(18,19)11-5-4-9(12)6-10(11)15(16)17/h4-6,8,13H,7,12H2,1-3H3. The van der Waals surface area contributed by atoms with Gasteiger partial charge in [-0.05, 0) is 33.2 Å². The van der Waals surface area contributed by atoms with Gasteiger partial charge in [0, 0.05) is 24.3 Å². The normalized spacial score (nSPS) is 13.4. The van der Waals surface area contributed by atoms with E-state index in [1.807, 2.05) is 25.9 Å². The van der Waals surface area contributed by atoms with Crippen LogP contribution in [0, 0.1) is 10.1 Å². The Balaban J connectivity index is 3.07. The van der Waals surface area contributed by atoms with Gasteiger partial charge in [-0.2, -0.15) is 0 Å². The van der Waals surface area contributed by atoms with E-state index < -0.39 is 20.6 Å². The number of nitrogen functional groups attached to an aromatic ring is 1. The second-order valence-corrected chi connectivity index (χ2v) is 6.38. The molecule has 0 aliphatic carbocycles. The van der Waals surface area contributed by atoms with Crippen molar-refractivity contribution in [2.45, 2.75) is 17.9 Å². The van der Waals surface area contributed by atoms with Crippen LogP contribution in [0.2, 0.25) is 0 Å². The summed E-state index contributed by atoms with van der Waals surface area (Å²) >= 11 is 0. The molecule has 0 bridgehead atoms. The molecule has 1 unspecified atom stereocenters. The van der Waals surface area contributed by atoms with Crippen LogP contribution in [0.5, 0.6) is 0 Å². The van der Waals surface area contributed by atoms with Gasteiger partial charge in [0.1, 0.15) is 0 Å². The monoisotopic (exact) mass is 302 g/mol. The summed E-state index contributed by atoms with van der Waals surface area (Å²) in [7, 11) is -0.335. The molecular weight excluding hydrogens is 284 g/mol. The molecule has 0 saturated heterocycles. The van der Waals surface area contributed by atoms with Crippen molar-refractivity contribution in [2.24, 2.45) is 0 Å². The molecule has 1 rings (SSSR count). The van der Waals surface area contributed by atoms with E-state index in [9.17, 15) is 18.5 Å². The SMILES string of the molecule is CC(CNS(=O)(=O)c1ccc(N)cc1[N+](=O)[O-])N(C)C. The van der Waals surface area contributed by atoms with Gasteiger partial charge in [-0.3, -0.25) is 10.1 Å². The second-order valence-electron chi connectivity index (χ2n) is 4.65. The number of rotatable bonds is 6. The fourth-order valence-corrected chi connectivity index (χ4v) is 2.67. The van der Waals surface area contributed by atoms with E-state index in [-0.39, 0.29) is 23.2 Å². The predicted molar refractivity (Wildman–Crippen MR) is 75.8 cm³/mol. The Bertz CT molecular complexity index is 600. The topological polar surface area (TPSA) is 119 Å². The van der Waals surface area contributed by atoms with Gasteiger partial charge in [0.2, 0.25) is 10.0 Å². The van der Waals surface area contributed by atoms with Crippen molar-refractivity contribution in [3.63, 3.8) is 0 Å². The van der Waals surface area contributed by atoms with Gasteiger partial charge in [0.15, 0.2) is 4.90 Å². The lowest BCUT2D eigenvalue weighted by Gasteiger charge is -2.19. The average Bonchev–Trinajstić information content (AvgIpc) is 2.35. The first-order valence-corrected chi connectivity index (χ1v) is 7.33. The molecule has 112 valence electrons. The highest BCUT2D eigenvalue weighted by molar-refractivity contribution is 7.89. The Hall–Kier alpha value is -1.71. The zero-order valence-electron chi connectivity index (χ0n) is 11.5. The molecule has 0 fully saturated rings. The van der Waals surface area contributed by atoms with Crippen LogP contribution in [0.15, 0.2) is 23.1 Å². The molecule has 8 nitrogen and oxygen atoms in total. The van der Waals surface area contributed by atoms with Crippen LogP contribution in [0.3, 0.4) is 0 Å². The molecule has 0 heterocycles. The Morgan fingerprint density at radius 3 is 2.55 bits per heavy atom. The van der Waals surface area contributed by atoms with Crippen molar-refractivity contribution >= 4 is 21.4 Å². The number of sulfonamides is 1. The summed E-state index contributed by atoms with van der Waals surface area (Å²) in [6.45, 7) is 1.98. The fourth-order valence-electron chi connectivity index (χ4n) is 1.39. The van der Waals surface area contributed by atoms with E-state index in [1.165, 1.54) is 6.07 Å². The fraction of sp³-hybridized carbons (Fsp3) is 0.455. The molecular formula is C11H18N4O4S. The zero-order valence-corrected chi connectivity index (χ0v) is 12.3. The molecule has 0 radical (unpaired) electrons. The van der Waals surface area contributed by atoms with E-state index >= 15 is 0 Å². The number of likely N-dealkylation sites (N-methyl/N-ethyl adjacent to an activating group) is 1. The third kappa shape index (κ3) is 3.89. The summed E-state index contributed by atoms with van der Waals surface area (Å²) in [6, 6.07) is 3.44. The molecule has 0 aliphatic rings. The van der Waals surface area contributed by atoms with E-state index in [2.05, 4.69) is 4.72 Å². The quantitative estimate of drug-likeness (QED) is 0.446. The molecule has 0 aromatic heterocycles. The van der Waals surface area contributed by atoms with Crippen LogP contribution >= 0.6 is 0 Å². The van der Waals surface area contributed by atoms with Gasteiger partial charge in [-0.25, -0.2) is 13.1 Å². The minimum atomic E-state index is -3.96. The van der Waals surface area contributed by atoms with Gasteiger partial charge in [-0.15, -0.1) is 0 Å². The molecule has 0 aliphatic heterocycles. The maximum Gasteiger partial charge on any atom is 0.291 e. The average molecular weight is 302 g/mol. The van der Waals surface area contributed by atoms with Crippen LogP contribution in [0.25, 0.3) is 0 Å². The third-order valence-electron chi connectivity index (χ3n) is 2.92. The number of nitro benzene ring substituents is 1. The number of nitrogens with two attached hydrogens (primary N) is 1. The number of nitro groups is 1. The molecule has 1 atom stereocenters. The molecule has 0 saturated carbocycles. The van der Waals surface area contributed by atoms with E-state index in [0.717, 1.165) is 12.1 Å². The lowest BCUT2D eigenvalue weighted by molar-refractivity contribution is -0.387. The third-order valence-corrected chi connectivity index (χ3v) is 4.39. The van der Waals surface area contributed by atoms with Crippen molar-refractivity contribution in [3.05, 3.63) is 28.3 Å². The minimum absolute atomic E-state index is 0.0439. The van der Waals surface area contributed by atoms with E-state index in [1.54, 1.807) is 0 Å². The lowest BCUT2D eigenvalue weighted by Crippen LogP contribution is -2.38. The Kier molecular flexibility index (Phi) is 5.03. The highest BCUT2D eigenvalue weighted by atomic mass is 32.2. The van der Waals surface area contributed by atoms with Gasteiger partial charge < -0.3 is 10.6 Å². The second kappa shape index (κ2) is 6.16. The highest BCUT2D eigenvalue weighted by Crippen LogP contribution is 2.25. The van der Waals surface area contributed by atoms with E-state index in [0.29, 0.717) is 0 Å². The molecule has 3 N–H and O–H groups in total. The summed E-state index contributed by atoms with van der Waals surface area (Å²) < 4.78 is 26.6. The molecule has 0 spiro atoms. The first-order chi connectivity index (χ1) is 9.15. The van der Waals surface area contributed by atoms with Crippen LogP contribution in [-0.2, 0) is 10.0 Å². The van der Waals surface area contributed by atoms with Crippen molar-refractivity contribution in [3.8, 4) is 0 Å². The van der Waals surface area contributed by atoms with Gasteiger partial charge >= 0.3 is 0 Å². The largest absolute Gasteiger partial charge is 0.399 e. The number of benzene rings is 1. The molecule has 1 aromatic carbocycles. The Labute approximate surface area is 117 Å². The van der Waals surface area contributed by atoms with Crippen LogP contribution in [0.1, 0.15) is 6.92 Å². The Morgan fingerprint density at radius 2 is 2.05 bits per heavy atom. The molecule has 1 aromatic rings. The Morgan fingerprint density at radius 1 is 1.45 bits per heavy atom. The summed E-state index contributed by atoms with van der Waals surface area (Å²) in [5, 5.41) is 10.9. The number of nitrogens with one attached hydrogen (secondary N) is 1. The minimum Gasteiger partial charge on any atom is -0.399 e. The summed E-state index contributed by atoms with van der Waals surface area (Å²) in [6.07, 6.45) is 0. The lowest BCUT2D eigenvalue weighted by atomic mass is 10.3. The summed E-state index contributed by atoms with van der Waals surface area (Å²) in [4.78, 5) is 11.6. The first-order valence-electron chi connectivity index (χ1n) is 5.85. The number of hydrogen-bond donors (Lipinski definition) is 2. The number of nitrogens with zero attached hydrogens (tertiary/aromatic N) is 2. The van der Waals surface area contributed by atoms with Crippen LogP contribution < -0.4 is 10.5 Å². The van der Waals surface area contributed by atoms with Crippen molar-refractivity contribution in [1.82, 2.24) is 9.62 Å². The van der Waals surface area contributed by atoms with Crippen molar-refractivity contribution in [2.75, 3.05) is 26.4 Å². The van der Waals surface area contributed by atoms with Crippen molar-refractivity contribution < 1.29 is 13.3 Å². The number of anilines is 1. The molecule has 20 heavy (non-hydrogen) atoms. The smallest absolute Gasteiger partial charge is 0.291 e. The van der Waals surface area contributed by atoms with Crippen LogP contribution in [-0.4, -0.2) is 44.9 Å². The van der Waals surface area contributed by atoms with Gasteiger partial charge in [0.25, 0.3) is 5.69 Å². The summed E-state index contributed by atoms with van der Waals surface area (Å²) in [5.74, 6) is 0. The maximum atomic E-state index is 12.1. The maximum absolute atomic E-state index is 12.1. The first kappa shape index (κ1) is 16.3. The predicted octanol–water partition coefficient (Wildman–Crippen LogP) is 0.405. The zero-order chi connectivity index (χ0) is 15.5. The summed E-state index contributed by atoms with van der Waals surface area (Å²) in [5.41, 5.74) is 5.05. The number of hydrogen-bond acceptors (Lipinski definition) is 6. The van der Waals surface area contributed by atoms with Gasteiger partial charge in [0.05, 0.1) is 4.92 Å². The van der Waals surface area contributed by atoms with E-state index in [4.69, 9.17) is 5.73 Å². The van der Waals surface area contributed by atoms with Crippen LogP contribution in [0.4, 0.5) is 11.4 Å². The molecule has 9 heteroatoms.